The van der Waals surface area contributed by atoms with Gasteiger partial charge in [-0.25, -0.2) is 13.9 Å². The third kappa shape index (κ3) is 29.1. The standard InChI is InChI=1S/C27H50N2O19P2/c1-19(45-21(3)30)7-11-39-15-25(47-23(5)32)17-43-49(35,36)41-13-9-28-27(34)29-10-14-42-50(37,38)44-18-26(48-24(6)33)16-40-12-8-20(2)46-22(4)31/h19-20,25-26H,7-18H2,1-6H3,(H,35,36)(H,37,38)(H2,28,29,34)/t19-,20-,25+,26+/m1/s1. The minimum atomic E-state index is -4.62. The summed E-state index contributed by atoms with van der Waals surface area (Å²) in [4.78, 5) is 76.3. The van der Waals surface area contributed by atoms with Gasteiger partial charge >= 0.3 is 45.6 Å². The molecule has 0 heterocycles. The Morgan fingerprint density at radius 2 is 0.880 bits per heavy atom. The first-order chi connectivity index (χ1) is 23.3. The van der Waals surface area contributed by atoms with E-state index in [4.69, 9.17) is 46.5 Å². The van der Waals surface area contributed by atoms with Gasteiger partial charge in [0.1, 0.15) is 24.4 Å². The summed E-state index contributed by atoms with van der Waals surface area (Å²) in [6, 6.07) is -0.773. The van der Waals surface area contributed by atoms with Crippen LogP contribution in [0.15, 0.2) is 0 Å². The number of urea groups is 1. The molecule has 0 spiro atoms. The molecular weight excluding hydrogens is 718 g/mol. The van der Waals surface area contributed by atoms with Crippen molar-refractivity contribution >= 4 is 45.6 Å². The van der Waals surface area contributed by atoms with Crippen LogP contribution in [0.4, 0.5) is 4.79 Å². The molecule has 0 aromatic carbocycles. The summed E-state index contributed by atoms with van der Waals surface area (Å²) in [5, 5.41) is 4.62. The quantitative estimate of drug-likeness (QED) is 0.0376. The van der Waals surface area contributed by atoms with Crippen LogP contribution in [0.5, 0.6) is 0 Å². The predicted molar refractivity (Wildman–Crippen MR) is 169 cm³/mol. The maximum Gasteiger partial charge on any atom is 0.472 e. The number of rotatable bonds is 28. The van der Waals surface area contributed by atoms with Crippen molar-refractivity contribution in [3.8, 4) is 0 Å². The monoisotopic (exact) mass is 768 g/mol. The van der Waals surface area contributed by atoms with Crippen LogP contribution in [0.1, 0.15) is 54.4 Å². The molecule has 0 saturated carbocycles. The molecule has 0 aromatic heterocycles. The number of hydrogen-bond donors (Lipinski definition) is 4. The maximum absolute atomic E-state index is 12.2. The van der Waals surface area contributed by atoms with Crippen molar-refractivity contribution in [2.45, 2.75) is 78.8 Å². The molecule has 2 amide bonds. The summed E-state index contributed by atoms with van der Waals surface area (Å²) in [5.41, 5.74) is 0. The number of esters is 4. The predicted octanol–water partition coefficient (Wildman–Crippen LogP) is 1.13. The summed E-state index contributed by atoms with van der Waals surface area (Å²) in [6.07, 6.45) is -2.18. The molecule has 0 aromatic rings. The Morgan fingerprint density at radius 1 is 0.540 bits per heavy atom. The number of carbonyl (C=O) groups excluding carboxylic acids is 5. The van der Waals surface area contributed by atoms with Crippen molar-refractivity contribution in [2.75, 3.05) is 65.9 Å². The van der Waals surface area contributed by atoms with Crippen LogP contribution in [0.25, 0.3) is 0 Å². The van der Waals surface area contributed by atoms with E-state index in [1.54, 1.807) is 13.8 Å². The van der Waals surface area contributed by atoms with Gasteiger partial charge in [0.05, 0.1) is 52.9 Å². The van der Waals surface area contributed by atoms with Crippen LogP contribution < -0.4 is 10.6 Å². The number of hydrogen-bond acceptors (Lipinski definition) is 17. The van der Waals surface area contributed by atoms with E-state index in [2.05, 4.69) is 10.6 Å². The summed E-state index contributed by atoms with van der Waals surface area (Å²) in [6.45, 7) is 5.56. The van der Waals surface area contributed by atoms with Gasteiger partial charge in [-0.15, -0.1) is 0 Å². The molecular formula is C27H50N2O19P2. The zero-order valence-electron chi connectivity index (χ0n) is 29.0. The van der Waals surface area contributed by atoms with E-state index >= 15 is 0 Å². The second kappa shape index (κ2) is 26.1. The van der Waals surface area contributed by atoms with Crippen LogP contribution in [-0.2, 0) is 74.8 Å². The number of phosphoric ester groups is 2. The van der Waals surface area contributed by atoms with Gasteiger partial charge in [-0.2, -0.15) is 0 Å². The molecule has 4 N–H and O–H groups in total. The molecule has 23 heteroatoms. The summed E-state index contributed by atoms with van der Waals surface area (Å²) in [7, 11) is -9.25. The van der Waals surface area contributed by atoms with Gasteiger partial charge in [0.25, 0.3) is 0 Å². The number of carbonyl (C=O) groups is 5. The van der Waals surface area contributed by atoms with Crippen LogP contribution in [0.2, 0.25) is 0 Å². The van der Waals surface area contributed by atoms with Gasteiger partial charge < -0.3 is 48.8 Å². The van der Waals surface area contributed by atoms with Crippen molar-refractivity contribution in [3.63, 3.8) is 0 Å². The van der Waals surface area contributed by atoms with Crippen molar-refractivity contribution < 1.29 is 89.4 Å². The molecule has 292 valence electrons. The van der Waals surface area contributed by atoms with E-state index in [1.165, 1.54) is 13.8 Å². The topological polar surface area (TPSA) is 276 Å². The average Bonchev–Trinajstić information content (AvgIpc) is 2.98. The van der Waals surface area contributed by atoms with Gasteiger partial charge in [-0.1, -0.05) is 0 Å². The largest absolute Gasteiger partial charge is 0.472 e. The lowest BCUT2D eigenvalue weighted by atomic mass is 10.3. The van der Waals surface area contributed by atoms with E-state index in [-0.39, 0.29) is 39.5 Å². The van der Waals surface area contributed by atoms with Crippen LogP contribution in [-0.4, -0.2) is 130 Å². The molecule has 0 radical (unpaired) electrons. The molecule has 0 rings (SSSR count). The lowest BCUT2D eigenvalue weighted by Crippen LogP contribution is -2.38. The lowest BCUT2D eigenvalue weighted by Gasteiger charge is -2.20. The fraction of sp³-hybridized carbons (Fsp3) is 0.815. The molecule has 0 aliphatic heterocycles. The average molecular weight is 769 g/mol. The number of nitrogens with one attached hydrogen (secondary N) is 2. The first-order valence-corrected chi connectivity index (χ1v) is 18.4. The third-order valence-electron chi connectivity index (χ3n) is 5.48. The molecule has 0 bridgehead atoms. The number of ether oxygens (including phenoxy) is 6. The van der Waals surface area contributed by atoms with E-state index in [0.29, 0.717) is 12.8 Å². The Bertz CT molecular complexity index is 1060. The van der Waals surface area contributed by atoms with Crippen molar-refractivity contribution in [1.82, 2.24) is 10.6 Å². The molecule has 0 aliphatic rings. The maximum atomic E-state index is 12.2. The van der Waals surface area contributed by atoms with Crippen molar-refractivity contribution in [2.24, 2.45) is 0 Å². The smallest absolute Gasteiger partial charge is 0.463 e. The fourth-order valence-electron chi connectivity index (χ4n) is 3.46. The Labute approximate surface area is 290 Å². The molecule has 6 atom stereocenters. The minimum absolute atomic E-state index is 0.142. The van der Waals surface area contributed by atoms with Gasteiger partial charge in [0.15, 0.2) is 0 Å². The van der Waals surface area contributed by atoms with Gasteiger partial charge in [0.2, 0.25) is 0 Å². The lowest BCUT2D eigenvalue weighted by molar-refractivity contribution is -0.153. The minimum Gasteiger partial charge on any atom is -0.463 e. The first-order valence-electron chi connectivity index (χ1n) is 15.4. The second-order valence-corrected chi connectivity index (χ2v) is 13.3. The van der Waals surface area contributed by atoms with Crippen LogP contribution >= 0.6 is 15.6 Å². The highest BCUT2D eigenvalue weighted by Gasteiger charge is 2.26. The molecule has 0 fully saturated rings. The first kappa shape index (κ1) is 47.3. The molecule has 0 saturated heterocycles. The van der Waals surface area contributed by atoms with Crippen molar-refractivity contribution in [1.29, 1.82) is 0 Å². The SMILES string of the molecule is CC(=O)O[C@@H](COCC[C@@H](C)OC(C)=O)COP(=O)(O)OCCNC(=O)NCCOP(=O)(O)OC[C@H](COCC[C@@H](C)OC(C)=O)OC(C)=O. The van der Waals surface area contributed by atoms with Gasteiger partial charge in [-0.05, 0) is 13.8 Å². The Balaban J connectivity index is 4.35. The Kier molecular flexibility index (Phi) is 24.7. The Morgan fingerprint density at radius 3 is 1.20 bits per heavy atom. The number of amides is 2. The van der Waals surface area contributed by atoms with E-state index in [0.717, 1.165) is 13.8 Å². The van der Waals surface area contributed by atoms with Crippen molar-refractivity contribution in [3.05, 3.63) is 0 Å². The highest BCUT2D eigenvalue weighted by atomic mass is 31.2. The van der Waals surface area contributed by atoms with Gasteiger partial charge in [0, 0.05) is 53.6 Å². The second-order valence-electron chi connectivity index (χ2n) is 10.4. The van der Waals surface area contributed by atoms with Crippen LogP contribution in [0, 0.1) is 0 Å². The van der Waals surface area contributed by atoms with E-state index in [1.807, 2.05) is 0 Å². The highest BCUT2D eigenvalue weighted by Crippen LogP contribution is 2.43. The summed E-state index contributed by atoms with van der Waals surface area (Å²) >= 11 is 0. The fourth-order valence-corrected chi connectivity index (χ4v) is 4.96. The van der Waals surface area contributed by atoms with Gasteiger partial charge in [-0.3, -0.25) is 37.3 Å². The molecule has 50 heavy (non-hydrogen) atoms. The Hall–Kier alpha value is -2.71. The third-order valence-corrected chi connectivity index (χ3v) is 7.44. The molecule has 2 unspecified atom stereocenters. The van der Waals surface area contributed by atoms with Crippen LogP contribution in [0.3, 0.4) is 0 Å². The van der Waals surface area contributed by atoms with E-state index < -0.39 is 96.4 Å². The summed E-state index contributed by atoms with van der Waals surface area (Å²) in [5.74, 6) is -2.26. The van der Waals surface area contributed by atoms with E-state index in [9.17, 15) is 42.9 Å². The molecule has 0 aliphatic carbocycles. The highest BCUT2D eigenvalue weighted by molar-refractivity contribution is 7.47. The normalized spacial score (nSPS) is 16.0. The molecule has 21 nitrogen and oxygen atoms in total. The number of phosphoric acid groups is 2. The summed E-state index contributed by atoms with van der Waals surface area (Å²) < 4.78 is 74.2. The zero-order chi connectivity index (χ0) is 38.2. The zero-order valence-corrected chi connectivity index (χ0v) is 30.8.